The number of rotatable bonds is 5. The van der Waals surface area contributed by atoms with Crippen molar-refractivity contribution < 1.29 is 4.92 Å². The summed E-state index contributed by atoms with van der Waals surface area (Å²) < 4.78 is 0. The van der Waals surface area contributed by atoms with E-state index in [2.05, 4.69) is 22.2 Å². The van der Waals surface area contributed by atoms with E-state index in [9.17, 15) is 10.1 Å². The first-order valence-corrected chi connectivity index (χ1v) is 8.13. The van der Waals surface area contributed by atoms with E-state index in [1.54, 1.807) is 6.07 Å². The van der Waals surface area contributed by atoms with Crippen LogP contribution in [0.5, 0.6) is 0 Å². The number of nitrogens with one attached hydrogen (secondary N) is 1. The summed E-state index contributed by atoms with van der Waals surface area (Å²) in [5.41, 5.74) is 2.69. The monoisotopic (exact) mass is 326 g/mol. The summed E-state index contributed by atoms with van der Waals surface area (Å²) in [6, 6.07) is 15.3. The smallest absolute Gasteiger partial charge is 0.294 e. The molecule has 0 aromatic heterocycles. The average molecular weight is 326 g/mol. The topological polar surface area (TPSA) is 61.6 Å². The molecular weight excluding hydrogens is 304 g/mol. The minimum atomic E-state index is -0.313. The average Bonchev–Trinajstić information content (AvgIpc) is 2.61. The van der Waals surface area contributed by atoms with Crippen molar-refractivity contribution in [1.29, 1.82) is 0 Å². The SMILES string of the molecule is CN1CCN(c2ccc(NCc3ccccc3)c([N+](=O)[O-])c2)CC1. The third-order valence-corrected chi connectivity index (χ3v) is 4.37. The van der Waals surface area contributed by atoms with Crippen LogP contribution in [0.2, 0.25) is 0 Å². The largest absolute Gasteiger partial charge is 0.375 e. The normalized spacial score (nSPS) is 15.3. The van der Waals surface area contributed by atoms with Crippen LogP contribution in [0.25, 0.3) is 0 Å². The Morgan fingerprint density at radius 3 is 2.46 bits per heavy atom. The van der Waals surface area contributed by atoms with Gasteiger partial charge in [0, 0.05) is 44.5 Å². The highest BCUT2D eigenvalue weighted by molar-refractivity contribution is 5.68. The third-order valence-electron chi connectivity index (χ3n) is 4.37. The van der Waals surface area contributed by atoms with Gasteiger partial charge in [-0.25, -0.2) is 0 Å². The van der Waals surface area contributed by atoms with E-state index in [-0.39, 0.29) is 10.6 Å². The molecule has 0 atom stereocenters. The summed E-state index contributed by atoms with van der Waals surface area (Å²) in [4.78, 5) is 15.6. The number of nitro benzene ring substituents is 1. The third kappa shape index (κ3) is 3.83. The lowest BCUT2D eigenvalue weighted by atomic mass is 10.2. The van der Waals surface area contributed by atoms with Crippen molar-refractivity contribution in [3.05, 3.63) is 64.2 Å². The van der Waals surface area contributed by atoms with Gasteiger partial charge in [-0.15, -0.1) is 0 Å². The summed E-state index contributed by atoms with van der Waals surface area (Å²) in [5, 5.41) is 14.6. The van der Waals surface area contributed by atoms with Gasteiger partial charge in [0.15, 0.2) is 0 Å². The molecule has 0 amide bonds. The molecule has 3 rings (SSSR count). The fourth-order valence-electron chi connectivity index (χ4n) is 2.88. The number of piperazine rings is 1. The van der Waals surface area contributed by atoms with Crippen LogP contribution in [0.3, 0.4) is 0 Å². The zero-order valence-corrected chi connectivity index (χ0v) is 13.8. The lowest BCUT2D eigenvalue weighted by molar-refractivity contribution is -0.383. The van der Waals surface area contributed by atoms with Gasteiger partial charge in [0.05, 0.1) is 4.92 Å². The zero-order valence-electron chi connectivity index (χ0n) is 13.8. The van der Waals surface area contributed by atoms with Crippen molar-refractivity contribution in [3.63, 3.8) is 0 Å². The number of likely N-dealkylation sites (N-methyl/N-ethyl adjacent to an activating group) is 1. The minimum absolute atomic E-state index is 0.127. The molecule has 1 heterocycles. The summed E-state index contributed by atoms with van der Waals surface area (Å²) in [6.45, 7) is 4.30. The van der Waals surface area contributed by atoms with E-state index in [0.717, 1.165) is 37.4 Å². The molecule has 0 radical (unpaired) electrons. The van der Waals surface area contributed by atoms with Crippen LogP contribution < -0.4 is 10.2 Å². The van der Waals surface area contributed by atoms with Crippen LogP contribution in [0, 0.1) is 10.1 Å². The summed E-state index contributed by atoms with van der Waals surface area (Å²) in [6.07, 6.45) is 0. The molecule has 0 spiro atoms. The molecule has 24 heavy (non-hydrogen) atoms. The Kier molecular flexibility index (Phi) is 4.96. The van der Waals surface area contributed by atoms with Gasteiger partial charge in [0.2, 0.25) is 0 Å². The maximum absolute atomic E-state index is 11.5. The Morgan fingerprint density at radius 2 is 1.79 bits per heavy atom. The molecule has 6 nitrogen and oxygen atoms in total. The van der Waals surface area contributed by atoms with Crippen molar-refractivity contribution >= 4 is 17.1 Å². The molecule has 1 saturated heterocycles. The Labute approximate surface area is 141 Å². The maximum atomic E-state index is 11.5. The highest BCUT2D eigenvalue weighted by atomic mass is 16.6. The minimum Gasteiger partial charge on any atom is -0.375 e. The molecule has 1 aliphatic rings. The van der Waals surface area contributed by atoms with Crippen molar-refractivity contribution in [2.24, 2.45) is 0 Å². The lowest BCUT2D eigenvalue weighted by Gasteiger charge is -2.34. The van der Waals surface area contributed by atoms with Crippen LogP contribution in [0.15, 0.2) is 48.5 Å². The van der Waals surface area contributed by atoms with E-state index in [4.69, 9.17) is 0 Å². The van der Waals surface area contributed by atoms with Gasteiger partial charge in [-0.3, -0.25) is 10.1 Å². The van der Waals surface area contributed by atoms with Crippen LogP contribution in [0.4, 0.5) is 17.1 Å². The lowest BCUT2D eigenvalue weighted by Crippen LogP contribution is -2.44. The van der Waals surface area contributed by atoms with Crippen molar-refractivity contribution in [3.8, 4) is 0 Å². The van der Waals surface area contributed by atoms with Crippen molar-refractivity contribution in [2.75, 3.05) is 43.4 Å². The Balaban J connectivity index is 1.76. The van der Waals surface area contributed by atoms with Gasteiger partial charge in [-0.05, 0) is 24.7 Å². The molecule has 0 bridgehead atoms. The van der Waals surface area contributed by atoms with Gasteiger partial charge in [-0.1, -0.05) is 30.3 Å². The molecule has 2 aromatic rings. The second-order valence-electron chi connectivity index (χ2n) is 6.09. The first-order valence-electron chi connectivity index (χ1n) is 8.13. The van der Waals surface area contributed by atoms with Gasteiger partial charge in [-0.2, -0.15) is 0 Å². The number of anilines is 2. The number of hydrogen-bond acceptors (Lipinski definition) is 5. The first-order chi connectivity index (χ1) is 11.6. The number of benzene rings is 2. The summed E-state index contributed by atoms with van der Waals surface area (Å²) in [5.74, 6) is 0. The van der Waals surface area contributed by atoms with Gasteiger partial charge in [0.25, 0.3) is 5.69 Å². The summed E-state index contributed by atoms with van der Waals surface area (Å²) in [7, 11) is 2.09. The highest BCUT2D eigenvalue weighted by Gasteiger charge is 2.19. The van der Waals surface area contributed by atoms with E-state index < -0.39 is 0 Å². The van der Waals surface area contributed by atoms with Gasteiger partial charge in [0.1, 0.15) is 5.69 Å². The highest BCUT2D eigenvalue weighted by Crippen LogP contribution is 2.30. The molecule has 1 aliphatic heterocycles. The quantitative estimate of drug-likeness (QED) is 0.676. The van der Waals surface area contributed by atoms with Gasteiger partial charge >= 0.3 is 0 Å². The molecule has 126 valence electrons. The van der Waals surface area contributed by atoms with Gasteiger partial charge < -0.3 is 15.1 Å². The number of hydrogen-bond donors (Lipinski definition) is 1. The summed E-state index contributed by atoms with van der Waals surface area (Å²) >= 11 is 0. The standard InChI is InChI=1S/C18H22N4O2/c1-20-9-11-21(12-10-20)16-7-8-17(18(13-16)22(23)24)19-14-15-5-3-2-4-6-15/h2-8,13,19H,9-12,14H2,1H3. The van der Waals surface area contributed by atoms with Crippen LogP contribution in [-0.4, -0.2) is 43.0 Å². The first kappa shape index (κ1) is 16.3. The second-order valence-corrected chi connectivity index (χ2v) is 6.09. The molecular formula is C18H22N4O2. The molecule has 1 fully saturated rings. The van der Waals surface area contributed by atoms with Crippen LogP contribution in [0.1, 0.15) is 5.56 Å². The van der Waals surface area contributed by atoms with Crippen molar-refractivity contribution in [2.45, 2.75) is 6.54 Å². The van der Waals surface area contributed by atoms with Crippen LogP contribution >= 0.6 is 0 Å². The molecule has 0 saturated carbocycles. The zero-order chi connectivity index (χ0) is 16.9. The Hall–Kier alpha value is -2.60. The fraction of sp³-hybridized carbons (Fsp3) is 0.333. The molecule has 0 aliphatic carbocycles. The van der Waals surface area contributed by atoms with E-state index in [1.165, 1.54) is 0 Å². The van der Waals surface area contributed by atoms with E-state index >= 15 is 0 Å². The van der Waals surface area contributed by atoms with Crippen molar-refractivity contribution in [1.82, 2.24) is 4.90 Å². The predicted molar refractivity (Wildman–Crippen MR) is 96.6 cm³/mol. The second kappa shape index (κ2) is 7.31. The Bertz CT molecular complexity index is 697. The Morgan fingerprint density at radius 1 is 1.08 bits per heavy atom. The fourth-order valence-corrected chi connectivity index (χ4v) is 2.88. The number of nitrogens with zero attached hydrogens (tertiary/aromatic N) is 3. The molecule has 2 aromatic carbocycles. The maximum Gasteiger partial charge on any atom is 0.294 e. The predicted octanol–water partition coefficient (Wildman–Crippen LogP) is 2.96. The molecule has 1 N–H and O–H groups in total. The van der Waals surface area contributed by atoms with E-state index in [0.29, 0.717) is 12.2 Å². The molecule has 0 unspecified atom stereocenters. The molecule has 6 heteroatoms. The van der Waals surface area contributed by atoms with Crippen LogP contribution in [-0.2, 0) is 6.54 Å². The van der Waals surface area contributed by atoms with E-state index in [1.807, 2.05) is 42.5 Å². The number of nitro groups is 1.